The van der Waals surface area contributed by atoms with Gasteiger partial charge < -0.3 is 14.8 Å². The van der Waals surface area contributed by atoms with Gasteiger partial charge in [-0.05, 0) is 12.1 Å². The highest BCUT2D eigenvalue weighted by molar-refractivity contribution is 5.94. The molecule has 0 spiro atoms. The quantitative estimate of drug-likeness (QED) is 0.607. The normalized spacial score (nSPS) is 10.5. The lowest BCUT2D eigenvalue weighted by Gasteiger charge is -2.07. The maximum Gasteiger partial charge on any atom is 0.251 e. The van der Waals surface area contributed by atoms with E-state index in [1.807, 2.05) is 0 Å². The van der Waals surface area contributed by atoms with Gasteiger partial charge in [-0.15, -0.1) is 0 Å². The van der Waals surface area contributed by atoms with Crippen molar-refractivity contribution in [3.8, 4) is 0 Å². The third kappa shape index (κ3) is 4.88. The Labute approximate surface area is 108 Å². The summed E-state index contributed by atoms with van der Waals surface area (Å²) in [6, 6.07) is 1.28. The Kier molecular flexibility index (Phi) is 6.31. The molecular weight excluding hydrogens is 263 g/mol. The number of amides is 1. The minimum Gasteiger partial charge on any atom is -0.382 e. The molecule has 0 radical (unpaired) electrons. The van der Waals surface area contributed by atoms with Crippen molar-refractivity contribution in [3.05, 3.63) is 35.1 Å². The van der Waals surface area contributed by atoms with Crippen molar-refractivity contribution < 1.29 is 27.4 Å². The summed E-state index contributed by atoms with van der Waals surface area (Å²) in [5, 5.41) is 2.39. The molecule has 7 heteroatoms. The number of ether oxygens (including phenoxy) is 2. The predicted molar refractivity (Wildman–Crippen MR) is 61.3 cm³/mol. The van der Waals surface area contributed by atoms with Crippen LogP contribution in [-0.2, 0) is 9.47 Å². The molecule has 0 saturated carbocycles. The molecule has 0 unspecified atom stereocenters. The second-order valence-electron chi connectivity index (χ2n) is 3.61. The van der Waals surface area contributed by atoms with E-state index in [0.29, 0.717) is 25.3 Å². The summed E-state index contributed by atoms with van der Waals surface area (Å²) in [5.74, 6) is -5.10. The van der Waals surface area contributed by atoms with E-state index in [0.717, 1.165) is 0 Å². The van der Waals surface area contributed by atoms with Gasteiger partial charge in [-0.1, -0.05) is 0 Å². The molecule has 0 aromatic heterocycles. The fourth-order valence-electron chi connectivity index (χ4n) is 1.27. The van der Waals surface area contributed by atoms with E-state index >= 15 is 0 Å². The zero-order valence-corrected chi connectivity index (χ0v) is 10.3. The van der Waals surface area contributed by atoms with Crippen LogP contribution in [-0.4, -0.2) is 39.4 Å². The molecule has 1 rings (SSSR count). The van der Waals surface area contributed by atoms with Crippen LogP contribution in [0.3, 0.4) is 0 Å². The fourth-order valence-corrected chi connectivity index (χ4v) is 1.27. The van der Waals surface area contributed by atoms with Gasteiger partial charge in [0, 0.05) is 19.2 Å². The topological polar surface area (TPSA) is 47.6 Å². The van der Waals surface area contributed by atoms with E-state index in [4.69, 9.17) is 9.47 Å². The zero-order valence-electron chi connectivity index (χ0n) is 10.3. The van der Waals surface area contributed by atoms with Crippen molar-refractivity contribution in [1.82, 2.24) is 5.32 Å². The van der Waals surface area contributed by atoms with Crippen LogP contribution in [0.15, 0.2) is 12.1 Å². The second kappa shape index (κ2) is 7.75. The highest BCUT2D eigenvalue weighted by atomic mass is 19.2. The molecule has 1 amide bonds. The van der Waals surface area contributed by atoms with Gasteiger partial charge in [0.25, 0.3) is 5.91 Å². The molecule has 1 aromatic rings. The maximum absolute atomic E-state index is 12.9. The third-order valence-corrected chi connectivity index (χ3v) is 2.21. The van der Waals surface area contributed by atoms with Gasteiger partial charge in [-0.3, -0.25) is 4.79 Å². The molecule has 0 atom stereocenters. The molecule has 1 aromatic carbocycles. The molecule has 19 heavy (non-hydrogen) atoms. The van der Waals surface area contributed by atoms with Crippen LogP contribution in [0.2, 0.25) is 0 Å². The summed E-state index contributed by atoms with van der Waals surface area (Å²) in [4.78, 5) is 11.5. The van der Waals surface area contributed by atoms with Crippen molar-refractivity contribution in [3.63, 3.8) is 0 Å². The Morgan fingerprint density at radius 3 is 2.37 bits per heavy atom. The Hall–Kier alpha value is -1.60. The molecule has 106 valence electrons. The molecule has 0 aliphatic carbocycles. The summed E-state index contributed by atoms with van der Waals surface area (Å²) >= 11 is 0. The van der Waals surface area contributed by atoms with Crippen molar-refractivity contribution in [2.24, 2.45) is 0 Å². The van der Waals surface area contributed by atoms with E-state index in [-0.39, 0.29) is 18.7 Å². The van der Waals surface area contributed by atoms with E-state index in [1.54, 1.807) is 0 Å². The van der Waals surface area contributed by atoms with E-state index in [9.17, 15) is 18.0 Å². The number of rotatable bonds is 7. The number of hydrogen-bond donors (Lipinski definition) is 1. The van der Waals surface area contributed by atoms with E-state index in [2.05, 4.69) is 5.32 Å². The van der Waals surface area contributed by atoms with E-state index in [1.165, 1.54) is 7.11 Å². The first kappa shape index (κ1) is 15.5. The van der Waals surface area contributed by atoms with Crippen LogP contribution in [0.25, 0.3) is 0 Å². The van der Waals surface area contributed by atoms with Crippen LogP contribution in [0.4, 0.5) is 13.2 Å². The highest BCUT2D eigenvalue weighted by Crippen LogP contribution is 2.13. The Balaban J connectivity index is 2.42. The van der Waals surface area contributed by atoms with Gasteiger partial charge in [0.1, 0.15) is 0 Å². The average Bonchev–Trinajstić information content (AvgIpc) is 2.39. The SMILES string of the molecule is COCCOCCNC(=O)c1cc(F)c(F)c(F)c1. The highest BCUT2D eigenvalue weighted by Gasteiger charge is 2.14. The molecule has 4 nitrogen and oxygen atoms in total. The van der Waals surface area contributed by atoms with Gasteiger partial charge in [0.15, 0.2) is 17.5 Å². The van der Waals surface area contributed by atoms with Crippen LogP contribution < -0.4 is 5.32 Å². The smallest absolute Gasteiger partial charge is 0.251 e. The molecule has 1 N–H and O–H groups in total. The first-order valence-electron chi connectivity index (χ1n) is 5.55. The average molecular weight is 277 g/mol. The Bertz CT molecular complexity index is 417. The first-order chi connectivity index (χ1) is 9.06. The lowest BCUT2D eigenvalue weighted by Crippen LogP contribution is -2.28. The predicted octanol–water partition coefficient (Wildman–Crippen LogP) is 1.50. The van der Waals surface area contributed by atoms with Crippen LogP contribution in [0.5, 0.6) is 0 Å². The van der Waals surface area contributed by atoms with Crippen molar-refractivity contribution in [1.29, 1.82) is 0 Å². The maximum atomic E-state index is 12.9. The summed E-state index contributed by atoms with van der Waals surface area (Å²) in [6.45, 7) is 1.22. The van der Waals surface area contributed by atoms with Crippen LogP contribution in [0, 0.1) is 17.5 Å². The van der Waals surface area contributed by atoms with Crippen molar-refractivity contribution in [2.45, 2.75) is 0 Å². The Morgan fingerprint density at radius 1 is 1.16 bits per heavy atom. The van der Waals surface area contributed by atoms with Gasteiger partial charge >= 0.3 is 0 Å². The minimum atomic E-state index is -1.60. The number of carbonyl (C=O) groups excluding carboxylic acids is 1. The summed E-state index contributed by atoms with van der Waals surface area (Å²) in [5.41, 5.74) is -0.284. The molecule has 0 aliphatic heterocycles. The molecule has 0 saturated heterocycles. The molecule has 0 heterocycles. The van der Waals surface area contributed by atoms with Gasteiger partial charge in [-0.2, -0.15) is 0 Å². The van der Waals surface area contributed by atoms with Gasteiger partial charge in [-0.25, -0.2) is 13.2 Å². The van der Waals surface area contributed by atoms with Crippen molar-refractivity contribution in [2.75, 3.05) is 33.5 Å². The lowest BCUT2D eigenvalue weighted by molar-refractivity contribution is 0.0692. The number of methoxy groups -OCH3 is 1. The van der Waals surface area contributed by atoms with Crippen molar-refractivity contribution >= 4 is 5.91 Å². The summed E-state index contributed by atoms with van der Waals surface area (Å²) in [6.07, 6.45) is 0. The molecule has 0 aliphatic rings. The minimum absolute atomic E-state index is 0.170. The second-order valence-corrected chi connectivity index (χ2v) is 3.61. The van der Waals surface area contributed by atoms with Gasteiger partial charge in [0.05, 0.1) is 19.8 Å². The number of carbonyl (C=O) groups is 1. The number of halogens is 3. The number of nitrogens with one attached hydrogen (secondary N) is 1. The monoisotopic (exact) mass is 277 g/mol. The zero-order chi connectivity index (χ0) is 14.3. The Morgan fingerprint density at radius 2 is 1.79 bits per heavy atom. The molecule has 0 fully saturated rings. The van der Waals surface area contributed by atoms with Crippen LogP contribution in [0.1, 0.15) is 10.4 Å². The van der Waals surface area contributed by atoms with Crippen LogP contribution >= 0.6 is 0 Å². The third-order valence-electron chi connectivity index (χ3n) is 2.21. The fraction of sp³-hybridized carbons (Fsp3) is 0.417. The molecular formula is C12H14F3NO3. The van der Waals surface area contributed by atoms with Gasteiger partial charge in [0.2, 0.25) is 0 Å². The lowest BCUT2D eigenvalue weighted by atomic mass is 10.2. The summed E-state index contributed by atoms with van der Waals surface area (Å²) in [7, 11) is 1.53. The number of hydrogen-bond acceptors (Lipinski definition) is 3. The van der Waals surface area contributed by atoms with E-state index < -0.39 is 23.4 Å². The standard InChI is InChI=1S/C12H14F3NO3/c1-18-4-5-19-3-2-16-12(17)8-6-9(13)11(15)10(14)7-8/h6-7H,2-5H2,1H3,(H,16,17). The molecule has 0 bridgehead atoms. The number of benzene rings is 1. The first-order valence-corrected chi connectivity index (χ1v) is 5.55. The summed E-state index contributed by atoms with van der Waals surface area (Å²) < 4.78 is 48.3. The largest absolute Gasteiger partial charge is 0.382 e.